The van der Waals surface area contributed by atoms with Gasteiger partial charge < -0.3 is 15.4 Å². The van der Waals surface area contributed by atoms with Crippen LogP contribution in [0.2, 0.25) is 0 Å². The number of aromatic nitrogens is 3. The lowest BCUT2D eigenvalue weighted by Crippen LogP contribution is -2.29. The number of hydrogen-bond acceptors (Lipinski definition) is 7. The molecule has 2 aliphatic heterocycles. The van der Waals surface area contributed by atoms with Crippen molar-refractivity contribution < 1.29 is 13.9 Å². The Morgan fingerprint density at radius 1 is 1.24 bits per heavy atom. The zero-order chi connectivity index (χ0) is 24.0. The molecule has 8 nitrogen and oxygen atoms in total. The number of fused-ring (bicyclic) bond motifs is 1. The van der Waals surface area contributed by atoms with Crippen LogP contribution in [0, 0.1) is 5.82 Å². The van der Waals surface area contributed by atoms with Crippen LogP contribution in [-0.4, -0.2) is 47.1 Å². The van der Waals surface area contributed by atoms with Gasteiger partial charge in [0.2, 0.25) is 5.95 Å². The average Bonchev–Trinajstić information content (AvgIpc) is 3.42. The van der Waals surface area contributed by atoms with Crippen molar-refractivity contribution in [3.63, 3.8) is 0 Å². The summed E-state index contributed by atoms with van der Waals surface area (Å²) in [5, 5.41) is 0. The Bertz CT molecular complexity index is 1260. The van der Waals surface area contributed by atoms with Crippen molar-refractivity contribution in [2.45, 2.75) is 38.8 Å². The quantitative estimate of drug-likeness (QED) is 0.620. The Balaban J connectivity index is 1.58. The lowest BCUT2D eigenvalue weighted by Gasteiger charge is -2.22. The minimum Gasteiger partial charge on any atom is -0.496 e. The van der Waals surface area contributed by atoms with Crippen molar-refractivity contribution in [1.82, 2.24) is 15.0 Å². The molecule has 3 aromatic rings. The van der Waals surface area contributed by atoms with Gasteiger partial charge in [0.15, 0.2) is 0 Å². The summed E-state index contributed by atoms with van der Waals surface area (Å²) in [6.07, 6.45) is 2.40. The van der Waals surface area contributed by atoms with Gasteiger partial charge in [0.25, 0.3) is 5.91 Å². The van der Waals surface area contributed by atoms with Crippen molar-refractivity contribution in [3.05, 3.63) is 59.2 Å². The normalized spacial score (nSPS) is 17.6. The molecule has 2 aliphatic rings. The summed E-state index contributed by atoms with van der Waals surface area (Å²) < 4.78 is 20.2. The predicted octanol–water partition coefficient (Wildman–Crippen LogP) is 3.51. The van der Waals surface area contributed by atoms with E-state index in [9.17, 15) is 9.18 Å². The number of carbonyl (C=O) groups excluding carboxylic acids is 1. The van der Waals surface area contributed by atoms with E-state index in [4.69, 9.17) is 20.4 Å². The van der Waals surface area contributed by atoms with E-state index in [-0.39, 0.29) is 30.0 Å². The summed E-state index contributed by atoms with van der Waals surface area (Å²) in [7, 11) is 1.49. The van der Waals surface area contributed by atoms with Crippen LogP contribution in [0.4, 0.5) is 16.2 Å². The van der Waals surface area contributed by atoms with E-state index in [0.717, 1.165) is 18.7 Å². The van der Waals surface area contributed by atoms with Gasteiger partial charge in [-0.3, -0.25) is 14.7 Å². The first-order chi connectivity index (χ1) is 16.4. The van der Waals surface area contributed by atoms with Crippen molar-refractivity contribution in [1.29, 1.82) is 0 Å². The Morgan fingerprint density at radius 2 is 2.06 bits per heavy atom. The van der Waals surface area contributed by atoms with Crippen molar-refractivity contribution in [2.24, 2.45) is 5.73 Å². The summed E-state index contributed by atoms with van der Waals surface area (Å²) in [5.74, 6) is 0.948. The van der Waals surface area contributed by atoms with Gasteiger partial charge in [0.1, 0.15) is 17.4 Å². The molecule has 0 saturated carbocycles. The Hall–Kier alpha value is -3.59. The zero-order valence-electron chi connectivity index (χ0n) is 19.5. The second kappa shape index (κ2) is 8.64. The number of halogens is 1. The largest absolute Gasteiger partial charge is 0.496 e. The molecule has 0 aliphatic carbocycles. The Kier molecular flexibility index (Phi) is 5.65. The highest BCUT2D eigenvalue weighted by Crippen LogP contribution is 2.39. The lowest BCUT2D eigenvalue weighted by molar-refractivity contribution is 0.0996. The van der Waals surface area contributed by atoms with Gasteiger partial charge in [-0.2, -0.15) is 4.98 Å². The summed E-state index contributed by atoms with van der Waals surface area (Å²) >= 11 is 0. The molecule has 2 aromatic heterocycles. The third-order valence-electron chi connectivity index (χ3n) is 6.38. The third kappa shape index (κ3) is 3.75. The van der Waals surface area contributed by atoms with Crippen LogP contribution in [0.3, 0.4) is 0 Å². The molecule has 0 radical (unpaired) electrons. The summed E-state index contributed by atoms with van der Waals surface area (Å²) in [6.45, 7) is 5.79. The molecular formula is C25H27FN6O2. The molecule has 4 heterocycles. The molecular weight excluding hydrogens is 435 g/mol. The monoisotopic (exact) mass is 462 g/mol. The number of carbonyl (C=O) groups is 1. The molecule has 2 N–H and O–H groups in total. The number of amides is 1. The van der Waals surface area contributed by atoms with Crippen LogP contribution in [0.5, 0.6) is 5.75 Å². The second-order valence-electron chi connectivity index (χ2n) is 8.99. The van der Waals surface area contributed by atoms with Gasteiger partial charge in [-0.25, -0.2) is 9.37 Å². The number of pyridine rings is 1. The fourth-order valence-electron chi connectivity index (χ4n) is 4.52. The highest BCUT2D eigenvalue weighted by atomic mass is 19.1. The zero-order valence-corrected chi connectivity index (χ0v) is 19.5. The van der Waals surface area contributed by atoms with E-state index in [1.807, 2.05) is 6.07 Å². The Labute approximate surface area is 197 Å². The molecule has 1 aromatic carbocycles. The number of hydrogen-bond donors (Lipinski definition) is 1. The third-order valence-corrected chi connectivity index (χ3v) is 6.38. The number of anilines is 2. The smallest absolute Gasteiger partial charge is 0.260 e. The summed E-state index contributed by atoms with van der Waals surface area (Å²) in [5.41, 5.74) is 8.70. The van der Waals surface area contributed by atoms with E-state index >= 15 is 0 Å². The van der Waals surface area contributed by atoms with Crippen LogP contribution in [0.15, 0.2) is 36.5 Å². The van der Waals surface area contributed by atoms with E-state index in [1.165, 1.54) is 19.4 Å². The molecule has 5 rings (SSSR count). The highest BCUT2D eigenvalue weighted by molar-refractivity contribution is 6.10. The van der Waals surface area contributed by atoms with Crippen LogP contribution in [0.25, 0.3) is 11.3 Å². The van der Waals surface area contributed by atoms with Crippen molar-refractivity contribution in [2.75, 3.05) is 30.0 Å². The first-order valence-corrected chi connectivity index (χ1v) is 11.4. The predicted molar refractivity (Wildman–Crippen MR) is 128 cm³/mol. The molecule has 176 valence electrons. The van der Waals surface area contributed by atoms with E-state index in [0.29, 0.717) is 40.9 Å². The maximum absolute atomic E-state index is 14.9. The number of rotatable bonds is 5. The number of nitrogens with two attached hydrogens (primary N) is 1. The number of methoxy groups -OCH3 is 1. The van der Waals surface area contributed by atoms with Crippen LogP contribution in [-0.2, 0) is 6.54 Å². The van der Waals surface area contributed by atoms with E-state index in [1.54, 1.807) is 23.1 Å². The van der Waals surface area contributed by atoms with Gasteiger partial charge in [-0.15, -0.1) is 0 Å². The van der Waals surface area contributed by atoms with Gasteiger partial charge in [0, 0.05) is 42.5 Å². The molecule has 1 fully saturated rings. The second-order valence-corrected chi connectivity index (χ2v) is 8.99. The first kappa shape index (κ1) is 22.2. The molecule has 1 unspecified atom stereocenters. The lowest BCUT2D eigenvalue weighted by atomic mass is 10.0. The average molecular weight is 463 g/mol. The maximum Gasteiger partial charge on any atom is 0.260 e. The first-order valence-electron chi connectivity index (χ1n) is 11.4. The van der Waals surface area contributed by atoms with Crippen molar-refractivity contribution in [3.8, 4) is 17.0 Å². The molecule has 9 heteroatoms. The minimum absolute atomic E-state index is 0.0804. The van der Waals surface area contributed by atoms with Gasteiger partial charge in [-0.05, 0) is 30.5 Å². The summed E-state index contributed by atoms with van der Waals surface area (Å²) in [6, 6.07) is 8.22. The highest BCUT2D eigenvalue weighted by Gasteiger charge is 2.34. The standard InChI is InChI=1S/C25H27FN6O2/c1-14(2)19-11-21(30-25(29-19)31-10-8-15(27)12-31)32-13-17-16(24(32)33)7-9-28-23(17)22-18(26)5-4-6-20(22)34-3/h4-7,9,11,14-15H,8,10,12-13,27H2,1-3H3. The van der Waals surface area contributed by atoms with Crippen molar-refractivity contribution >= 4 is 17.7 Å². The summed E-state index contributed by atoms with van der Waals surface area (Å²) in [4.78, 5) is 31.1. The van der Waals surface area contributed by atoms with E-state index < -0.39 is 5.82 Å². The molecule has 1 amide bonds. The SMILES string of the molecule is COc1cccc(F)c1-c1nccc2c1CN(c1cc(C(C)C)nc(N3CCC(N)C3)n1)C2=O. The number of nitrogens with zero attached hydrogens (tertiary/aromatic N) is 5. The van der Waals surface area contributed by atoms with E-state index in [2.05, 4.69) is 23.7 Å². The molecule has 0 bridgehead atoms. The molecule has 34 heavy (non-hydrogen) atoms. The number of ether oxygens (including phenoxy) is 1. The fraction of sp³-hybridized carbons (Fsp3) is 0.360. The van der Waals surface area contributed by atoms with Gasteiger partial charge in [0.05, 0.1) is 30.6 Å². The Morgan fingerprint density at radius 3 is 2.76 bits per heavy atom. The van der Waals surface area contributed by atoms with Gasteiger partial charge in [-0.1, -0.05) is 19.9 Å². The van der Waals surface area contributed by atoms with Gasteiger partial charge >= 0.3 is 0 Å². The maximum atomic E-state index is 14.9. The fourth-order valence-corrected chi connectivity index (χ4v) is 4.52. The van der Waals surface area contributed by atoms with Crippen LogP contribution < -0.4 is 20.3 Å². The topological polar surface area (TPSA) is 97.5 Å². The minimum atomic E-state index is -0.456. The van der Waals surface area contributed by atoms with Crippen LogP contribution >= 0.6 is 0 Å². The molecule has 1 atom stereocenters. The molecule has 0 spiro atoms. The molecule has 1 saturated heterocycles. The van der Waals surface area contributed by atoms with Crippen LogP contribution in [0.1, 0.15) is 47.8 Å². The number of benzene rings is 1.